The van der Waals surface area contributed by atoms with Crippen LogP contribution in [0.25, 0.3) is 0 Å². The van der Waals surface area contributed by atoms with E-state index < -0.39 is 0 Å². The summed E-state index contributed by atoms with van der Waals surface area (Å²) < 4.78 is 0. The van der Waals surface area contributed by atoms with Crippen molar-refractivity contribution in [3.05, 3.63) is 64.7 Å². The van der Waals surface area contributed by atoms with Crippen molar-refractivity contribution in [1.29, 1.82) is 0 Å². The maximum atomic E-state index is 5.49. The van der Waals surface area contributed by atoms with E-state index in [2.05, 4.69) is 71.8 Å². The Morgan fingerprint density at radius 3 is 2.48 bits per heavy atom. The van der Waals surface area contributed by atoms with Gasteiger partial charge in [0.1, 0.15) is 0 Å². The van der Waals surface area contributed by atoms with Gasteiger partial charge in [-0.2, -0.15) is 0 Å². The van der Waals surface area contributed by atoms with Crippen molar-refractivity contribution in [3.63, 3.8) is 0 Å². The third kappa shape index (κ3) is 4.80. The Kier molecular flexibility index (Phi) is 6.05. The predicted molar refractivity (Wildman–Crippen MR) is 110 cm³/mol. The van der Waals surface area contributed by atoms with E-state index >= 15 is 0 Å². The lowest BCUT2D eigenvalue weighted by Crippen LogP contribution is -2.29. The molecule has 0 spiro atoms. The molecule has 4 heteroatoms. The normalized spacial score (nSPS) is 14.5. The topological polar surface area (TPSA) is 27.3 Å². The van der Waals surface area contributed by atoms with E-state index in [1.807, 2.05) is 0 Å². The number of anilines is 1. The van der Waals surface area contributed by atoms with Gasteiger partial charge >= 0.3 is 0 Å². The highest BCUT2D eigenvalue weighted by Crippen LogP contribution is 2.18. The smallest absolute Gasteiger partial charge is 0.171 e. The van der Waals surface area contributed by atoms with Gasteiger partial charge in [0.25, 0.3) is 0 Å². The highest BCUT2D eigenvalue weighted by molar-refractivity contribution is 7.80. The largest absolute Gasteiger partial charge is 0.358 e. The van der Waals surface area contributed by atoms with Gasteiger partial charge in [0.05, 0.1) is 0 Å². The molecule has 3 nitrogen and oxygen atoms in total. The van der Waals surface area contributed by atoms with Crippen LogP contribution in [-0.4, -0.2) is 23.1 Å². The number of nitrogens with zero attached hydrogens (tertiary/aromatic N) is 1. The molecule has 0 radical (unpaired) electrons. The Balaban J connectivity index is 1.59. The molecule has 0 aromatic heterocycles. The van der Waals surface area contributed by atoms with Crippen LogP contribution in [0.2, 0.25) is 0 Å². The van der Waals surface area contributed by atoms with E-state index in [9.17, 15) is 0 Å². The molecule has 0 saturated carbocycles. The van der Waals surface area contributed by atoms with E-state index in [-0.39, 0.29) is 0 Å². The van der Waals surface area contributed by atoms with E-state index in [0.29, 0.717) is 5.11 Å². The highest BCUT2D eigenvalue weighted by atomic mass is 32.1. The molecule has 1 heterocycles. The number of benzene rings is 2. The van der Waals surface area contributed by atoms with Crippen LogP contribution >= 0.6 is 12.2 Å². The van der Waals surface area contributed by atoms with Gasteiger partial charge in [-0.15, -0.1) is 0 Å². The molecule has 2 aromatic carbocycles. The average molecular weight is 354 g/mol. The van der Waals surface area contributed by atoms with Gasteiger partial charge in [-0.05, 0) is 80.3 Å². The van der Waals surface area contributed by atoms with Gasteiger partial charge in [-0.3, -0.25) is 4.90 Å². The maximum absolute atomic E-state index is 5.49. The van der Waals surface area contributed by atoms with E-state index in [1.165, 1.54) is 48.2 Å². The Morgan fingerprint density at radius 1 is 1.00 bits per heavy atom. The van der Waals surface area contributed by atoms with Crippen molar-refractivity contribution in [2.24, 2.45) is 0 Å². The quantitative estimate of drug-likeness (QED) is 0.780. The van der Waals surface area contributed by atoms with Gasteiger partial charge in [0.2, 0.25) is 0 Å². The second-order valence-corrected chi connectivity index (χ2v) is 7.22. The number of hydrogen-bond donors (Lipinski definition) is 2. The van der Waals surface area contributed by atoms with Crippen LogP contribution in [0.5, 0.6) is 0 Å². The number of aryl methyl sites for hydroxylation is 1. The summed E-state index contributed by atoms with van der Waals surface area (Å²) in [6.07, 6.45) is 2.65. The maximum Gasteiger partial charge on any atom is 0.171 e. The summed E-state index contributed by atoms with van der Waals surface area (Å²) in [5, 5.41) is 7.36. The fourth-order valence-corrected chi connectivity index (χ4v) is 3.48. The van der Waals surface area contributed by atoms with E-state index in [0.717, 1.165) is 18.8 Å². The first-order valence-electron chi connectivity index (χ1n) is 9.03. The summed E-state index contributed by atoms with van der Waals surface area (Å²) in [7, 11) is 0. The molecule has 0 amide bonds. The molecule has 25 heavy (non-hydrogen) atoms. The molecule has 2 aromatic rings. The van der Waals surface area contributed by atoms with E-state index in [4.69, 9.17) is 12.2 Å². The number of rotatable bonds is 5. The average Bonchev–Trinajstić information content (AvgIpc) is 3.11. The summed E-state index contributed by atoms with van der Waals surface area (Å²) in [6.45, 7) is 8.45. The van der Waals surface area contributed by atoms with Crippen LogP contribution in [0.3, 0.4) is 0 Å². The SMILES string of the molecule is Cc1cccc(NC(=S)NCc2ccccc2CN2CCCC2)c1C. The third-order valence-electron chi connectivity index (χ3n) is 5.00. The molecule has 1 aliphatic heterocycles. The van der Waals surface area contributed by atoms with Gasteiger partial charge in [0.15, 0.2) is 5.11 Å². The monoisotopic (exact) mass is 353 g/mol. The predicted octanol–water partition coefficient (Wildman–Crippen LogP) is 4.39. The lowest BCUT2D eigenvalue weighted by Gasteiger charge is -2.18. The molecular formula is C21H27N3S. The molecule has 1 saturated heterocycles. The number of likely N-dealkylation sites (tertiary alicyclic amines) is 1. The van der Waals surface area contributed by atoms with Crippen molar-refractivity contribution in [3.8, 4) is 0 Å². The number of thiocarbonyl (C=S) groups is 1. The van der Waals surface area contributed by atoms with Crippen LogP contribution in [-0.2, 0) is 13.1 Å². The van der Waals surface area contributed by atoms with Gasteiger partial charge in [0, 0.05) is 18.8 Å². The molecule has 132 valence electrons. The first-order chi connectivity index (χ1) is 12.1. The van der Waals surface area contributed by atoms with Crippen molar-refractivity contribution in [2.45, 2.75) is 39.8 Å². The molecule has 3 rings (SSSR count). The number of hydrogen-bond acceptors (Lipinski definition) is 2. The second kappa shape index (κ2) is 8.45. The zero-order valence-corrected chi connectivity index (χ0v) is 16.0. The van der Waals surface area contributed by atoms with Crippen LogP contribution < -0.4 is 10.6 Å². The van der Waals surface area contributed by atoms with Crippen molar-refractivity contribution in [2.75, 3.05) is 18.4 Å². The third-order valence-corrected chi connectivity index (χ3v) is 5.25. The molecule has 1 fully saturated rings. The minimum Gasteiger partial charge on any atom is -0.358 e. The zero-order chi connectivity index (χ0) is 17.6. The first kappa shape index (κ1) is 17.9. The van der Waals surface area contributed by atoms with Gasteiger partial charge in [-0.1, -0.05) is 36.4 Å². The van der Waals surface area contributed by atoms with Crippen LogP contribution in [0.4, 0.5) is 5.69 Å². The second-order valence-electron chi connectivity index (χ2n) is 6.81. The molecule has 0 unspecified atom stereocenters. The fraction of sp³-hybridized carbons (Fsp3) is 0.381. The summed E-state index contributed by atoms with van der Waals surface area (Å²) >= 11 is 5.49. The fourth-order valence-electron chi connectivity index (χ4n) is 3.29. The summed E-state index contributed by atoms with van der Waals surface area (Å²) in [5.41, 5.74) is 6.29. The Labute approximate surface area is 156 Å². The highest BCUT2D eigenvalue weighted by Gasteiger charge is 2.13. The molecular weight excluding hydrogens is 326 g/mol. The van der Waals surface area contributed by atoms with Crippen molar-refractivity contribution < 1.29 is 0 Å². The minimum absolute atomic E-state index is 0.671. The molecule has 0 aliphatic carbocycles. The molecule has 0 bridgehead atoms. The summed E-state index contributed by atoms with van der Waals surface area (Å²) in [5.74, 6) is 0. The van der Waals surface area contributed by atoms with Crippen molar-refractivity contribution >= 4 is 23.0 Å². The molecule has 1 aliphatic rings. The summed E-state index contributed by atoms with van der Waals surface area (Å²) in [6, 6.07) is 14.9. The lowest BCUT2D eigenvalue weighted by molar-refractivity contribution is 0.330. The minimum atomic E-state index is 0.671. The Morgan fingerprint density at radius 2 is 1.72 bits per heavy atom. The van der Waals surface area contributed by atoms with Gasteiger partial charge < -0.3 is 10.6 Å². The molecule has 2 N–H and O–H groups in total. The Bertz CT molecular complexity index is 736. The standard InChI is InChI=1S/C21H27N3S/c1-16-8-7-11-20(17(16)2)23-21(25)22-14-18-9-3-4-10-19(18)15-24-12-5-6-13-24/h3-4,7-11H,5-6,12-15H2,1-2H3,(H2,22,23,25). The van der Waals surface area contributed by atoms with Crippen molar-refractivity contribution in [1.82, 2.24) is 10.2 Å². The van der Waals surface area contributed by atoms with Crippen LogP contribution in [0, 0.1) is 13.8 Å². The van der Waals surface area contributed by atoms with Crippen LogP contribution in [0.15, 0.2) is 42.5 Å². The number of nitrogens with one attached hydrogen (secondary N) is 2. The van der Waals surface area contributed by atoms with Crippen LogP contribution in [0.1, 0.15) is 35.1 Å². The summed E-state index contributed by atoms with van der Waals surface area (Å²) in [4.78, 5) is 2.53. The zero-order valence-electron chi connectivity index (χ0n) is 15.1. The Hall–Kier alpha value is -1.91. The lowest BCUT2D eigenvalue weighted by atomic mass is 10.1. The molecule has 0 atom stereocenters. The van der Waals surface area contributed by atoms with E-state index in [1.54, 1.807) is 0 Å². The first-order valence-corrected chi connectivity index (χ1v) is 9.44. The van der Waals surface area contributed by atoms with Gasteiger partial charge in [-0.25, -0.2) is 0 Å².